The summed E-state index contributed by atoms with van der Waals surface area (Å²) in [5.74, 6) is 1.31. The Morgan fingerprint density at radius 1 is 1.42 bits per heavy atom. The summed E-state index contributed by atoms with van der Waals surface area (Å²) < 4.78 is 10.3. The molecule has 0 spiro atoms. The van der Waals surface area contributed by atoms with E-state index in [1.54, 1.807) is 13.0 Å². The molecule has 0 saturated heterocycles. The molecular formula is C18H18N2O3S. The zero-order chi connectivity index (χ0) is 17.1. The Morgan fingerprint density at radius 3 is 2.96 bits per heavy atom. The van der Waals surface area contributed by atoms with Crippen molar-refractivity contribution in [1.29, 1.82) is 5.26 Å². The van der Waals surface area contributed by atoms with E-state index in [1.807, 2.05) is 6.07 Å². The molecule has 0 unspecified atom stereocenters. The first-order chi connectivity index (χ1) is 11.6. The molecule has 0 N–H and O–H groups in total. The first-order valence-electron chi connectivity index (χ1n) is 7.85. The van der Waals surface area contributed by atoms with Crippen LogP contribution in [0, 0.1) is 18.3 Å². The van der Waals surface area contributed by atoms with E-state index >= 15 is 0 Å². The lowest BCUT2D eigenvalue weighted by Gasteiger charge is -2.16. The number of ether oxygens (including phenoxy) is 1. The molecule has 1 aliphatic carbocycles. The van der Waals surface area contributed by atoms with E-state index in [0.717, 1.165) is 36.4 Å². The van der Waals surface area contributed by atoms with Crippen LogP contribution in [0.2, 0.25) is 0 Å². The number of aromatic nitrogens is 1. The van der Waals surface area contributed by atoms with Gasteiger partial charge in [-0.25, -0.2) is 9.78 Å². The Bertz CT molecular complexity index is 820. The van der Waals surface area contributed by atoms with Crippen LogP contribution in [0.25, 0.3) is 0 Å². The van der Waals surface area contributed by atoms with Gasteiger partial charge in [0.15, 0.2) is 0 Å². The molecule has 0 atom stereocenters. The van der Waals surface area contributed by atoms with Gasteiger partial charge in [0.05, 0.1) is 18.4 Å². The normalized spacial score (nSPS) is 13.2. The van der Waals surface area contributed by atoms with E-state index in [2.05, 4.69) is 11.1 Å². The fraction of sp³-hybridized carbons (Fsp3) is 0.389. The van der Waals surface area contributed by atoms with Crippen LogP contribution in [0.5, 0.6) is 0 Å². The Kier molecular flexibility index (Phi) is 4.91. The van der Waals surface area contributed by atoms with Crippen molar-refractivity contribution >= 4 is 17.7 Å². The number of esters is 1. The largest absolute Gasteiger partial charge is 0.465 e. The number of aryl methyl sites for hydroxylation is 3. The van der Waals surface area contributed by atoms with Gasteiger partial charge in [0.25, 0.3) is 0 Å². The number of thioether (sulfide) groups is 1. The Morgan fingerprint density at radius 2 is 2.21 bits per heavy atom. The number of hydrogen-bond acceptors (Lipinski definition) is 6. The van der Waals surface area contributed by atoms with Crippen molar-refractivity contribution in [3.05, 3.63) is 46.0 Å². The van der Waals surface area contributed by atoms with Crippen molar-refractivity contribution in [2.75, 3.05) is 7.11 Å². The zero-order valence-electron chi connectivity index (χ0n) is 13.7. The maximum absolute atomic E-state index is 11.6. The lowest BCUT2D eigenvalue weighted by atomic mass is 9.95. The van der Waals surface area contributed by atoms with Gasteiger partial charge in [0.2, 0.25) is 0 Å². The standard InChI is InChI=1S/C18H18N2O3S/c1-11-15(18(21)22-2)8-14(23-11)10-24-17-13(9-19)7-12-5-3-4-6-16(12)20-17/h7-8H,3-6,10H2,1-2H3. The van der Waals surface area contributed by atoms with Gasteiger partial charge in [-0.2, -0.15) is 5.26 Å². The fourth-order valence-corrected chi connectivity index (χ4v) is 3.73. The second-order valence-corrected chi connectivity index (χ2v) is 6.69. The first-order valence-corrected chi connectivity index (χ1v) is 8.84. The average Bonchev–Trinajstić information content (AvgIpc) is 2.99. The summed E-state index contributed by atoms with van der Waals surface area (Å²) in [6, 6.07) is 5.90. The van der Waals surface area contributed by atoms with E-state index in [0.29, 0.717) is 28.4 Å². The van der Waals surface area contributed by atoms with Crippen LogP contribution in [0.1, 0.15) is 51.5 Å². The summed E-state index contributed by atoms with van der Waals surface area (Å²) in [4.78, 5) is 16.3. The minimum Gasteiger partial charge on any atom is -0.465 e. The smallest absolute Gasteiger partial charge is 0.341 e. The molecule has 5 nitrogen and oxygen atoms in total. The molecule has 0 aliphatic heterocycles. The number of carbonyl (C=O) groups excluding carboxylic acids is 1. The lowest BCUT2D eigenvalue weighted by molar-refractivity contribution is 0.0599. The number of furan rings is 1. The second kappa shape index (κ2) is 7.10. The molecule has 2 aromatic rings. The van der Waals surface area contributed by atoms with Crippen molar-refractivity contribution in [2.24, 2.45) is 0 Å². The average molecular weight is 342 g/mol. The zero-order valence-corrected chi connectivity index (χ0v) is 14.5. The minimum atomic E-state index is -0.405. The molecule has 1 aliphatic rings. The van der Waals surface area contributed by atoms with Crippen molar-refractivity contribution in [1.82, 2.24) is 4.98 Å². The van der Waals surface area contributed by atoms with Crippen molar-refractivity contribution in [3.63, 3.8) is 0 Å². The summed E-state index contributed by atoms with van der Waals surface area (Å²) in [6.07, 6.45) is 4.28. The summed E-state index contributed by atoms with van der Waals surface area (Å²) in [5, 5.41) is 10.1. The fourth-order valence-electron chi connectivity index (χ4n) is 2.87. The molecule has 2 heterocycles. The molecular weight excluding hydrogens is 324 g/mol. The Balaban J connectivity index is 1.79. The monoisotopic (exact) mass is 342 g/mol. The number of methoxy groups -OCH3 is 1. The topological polar surface area (TPSA) is 76.1 Å². The number of carbonyl (C=O) groups is 1. The molecule has 0 radical (unpaired) electrons. The minimum absolute atomic E-state index is 0.405. The third-order valence-electron chi connectivity index (χ3n) is 4.11. The maximum Gasteiger partial charge on any atom is 0.341 e. The highest BCUT2D eigenvalue weighted by molar-refractivity contribution is 7.98. The first kappa shape index (κ1) is 16.6. The molecule has 0 bridgehead atoms. The van der Waals surface area contributed by atoms with Crippen LogP contribution in [-0.2, 0) is 23.3 Å². The number of pyridine rings is 1. The third-order valence-corrected chi connectivity index (χ3v) is 5.13. The predicted molar refractivity (Wildman–Crippen MR) is 89.9 cm³/mol. The predicted octanol–water partition coefficient (Wildman–Crippen LogP) is 3.81. The van der Waals surface area contributed by atoms with E-state index < -0.39 is 5.97 Å². The molecule has 2 aromatic heterocycles. The third kappa shape index (κ3) is 3.31. The Labute approximate surface area is 145 Å². The van der Waals surface area contributed by atoms with Crippen LogP contribution in [-0.4, -0.2) is 18.1 Å². The van der Waals surface area contributed by atoms with Gasteiger partial charge in [-0.1, -0.05) is 11.8 Å². The van der Waals surface area contributed by atoms with Gasteiger partial charge < -0.3 is 9.15 Å². The van der Waals surface area contributed by atoms with Gasteiger partial charge in [0, 0.05) is 5.69 Å². The molecule has 3 rings (SSSR count). The lowest BCUT2D eigenvalue weighted by Crippen LogP contribution is -2.07. The quantitative estimate of drug-likeness (QED) is 0.621. The summed E-state index contributed by atoms with van der Waals surface area (Å²) in [6.45, 7) is 1.73. The van der Waals surface area contributed by atoms with Crippen LogP contribution in [0.15, 0.2) is 21.6 Å². The van der Waals surface area contributed by atoms with Crippen molar-refractivity contribution in [3.8, 4) is 6.07 Å². The van der Waals surface area contributed by atoms with Crippen molar-refractivity contribution < 1.29 is 13.9 Å². The summed E-state index contributed by atoms with van der Waals surface area (Å²) in [7, 11) is 1.35. The summed E-state index contributed by atoms with van der Waals surface area (Å²) >= 11 is 1.46. The highest BCUT2D eigenvalue weighted by Gasteiger charge is 2.18. The number of rotatable bonds is 4. The molecule has 24 heavy (non-hydrogen) atoms. The highest BCUT2D eigenvalue weighted by Crippen LogP contribution is 2.30. The molecule has 124 valence electrons. The molecule has 0 saturated carbocycles. The van der Waals surface area contributed by atoms with Crippen LogP contribution in [0.4, 0.5) is 0 Å². The highest BCUT2D eigenvalue weighted by atomic mass is 32.2. The Hall–Kier alpha value is -2.26. The molecule has 0 aromatic carbocycles. The van der Waals surface area contributed by atoms with E-state index in [9.17, 15) is 10.1 Å². The van der Waals surface area contributed by atoms with E-state index in [-0.39, 0.29) is 0 Å². The maximum atomic E-state index is 11.6. The van der Waals surface area contributed by atoms with Crippen LogP contribution >= 0.6 is 11.8 Å². The molecule has 0 amide bonds. The van der Waals surface area contributed by atoms with Gasteiger partial charge >= 0.3 is 5.97 Å². The summed E-state index contributed by atoms with van der Waals surface area (Å²) in [5.41, 5.74) is 3.35. The van der Waals surface area contributed by atoms with E-state index in [1.165, 1.54) is 24.4 Å². The van der Waals surface area contributed by atoms with Gasteiger partial charge in [-0.15, -0.1) is 0 Å². The molecule has 0 fully saturated rings. The number of fused-ring (bicyclic) bond motifs is 1. The number of nitrogens with zero attached hydrogens (tertiary/aromatic N) is 2. The van der Waals surface area contributed by atoms with Gasteiger partial charge in [-0.3, -0.25) is 0 Å². The SMILES string of the molecule is COC(=O)c1cc(CSc2nc3c(cc2C#N)CCCC3)oc1C. The van der Waals surface area contributed by atoms with Crippen molar-refractivity contribution in [2.45, 2.75) is 43.4 Å². The van der Waals surface area contributed by atoms with Crippen LogP contribution < -0.4 is 0 Å². The van der Waals surface area contributed by atoms with Gasteiger partial charge in [0.1, 0.15) is 28.2 Å². The van der Waals surface area contributed by atoms with Crippen LogP contribution in [0.3, 0.4) is 0 Å². The number of hydrogen-bond donors (Lipinski definition) is 0. The second-order valence-electron chi connectivity index (χ2n) is 5.73. The molecule has 6 heteroatoms. The number of nitriles is 1. The van der Waals surface area contributed by atoms with E-state index in [4.69, 9.17) is 9.15 Å². The van der Waals surface area contributed by atoms with Gasteiger partial charge in [-0.05, 0) is 50.3 Å².